The molecule has 134 valence electrons. The van der Waals surface area contributed by atoms with Crippen LogP contribution in [0.2, 0.25) is 0 Å². The first-order chi connectivity index (χ1) is 12.6. The normalized spacial score (nSPS) is 17.2. The number of carbonyl (C=O) groups excluding carboxylic acids is 1. The topological polar surface area (TPSA) is 68.1 Å². The van der Waals surface area contributed by atoms with E-state index < -0.39 is 0 Å². The number of rotatable bonds is 3. The van der Waals surface area contributed by atoms with E-state index in [1.165, 1.54) is 0 Å². The molecule has 1 aliphatic heterocycles. The van der Waals surface area contributed by atoms with E-state index in [0.717, 1.165) is 23.5 Å². The third kappa shape index (κ3) is 2.72. The molecule has 0 N–H and O–H groups in total. The number of nitrogens with zero attached hydrogens (tertiary/aromatic N) is 4. The van der Waals surface area contributed by atoms with Gasteiger partial charge in [-0.2, -0.15) is 0 Å². The van der Waals surface area contributed by atoms with E-state index in [1.54, 1.807) is 34.7 Å². The van der Waals surface area contributed by atoms with E-state index in [2.05, 4.69) is 9.97 Å². The molecule has 1 saturated heterocycles. The molecule has 0 aliphatic carbocycles. The van der Waals surface area contributed by atoms with Crippen molar-refractivity contribution >= 4 is 28.3 Å². The van der Waals surface area contributed by atoms with Gasteiger partial charge in [0.05, 0.1) is 11.4 Å². The summed E-state index contributed by atoms with van der Waals surface area (Å²) in [4.78, 5) is 36.9. The largest absolute Gasteiger partial charge is 0.332 e. The first kappa shape index (κ1) is 16.9. The highest BCUT2D eigenvalue weighted by Gasteiger charge is 2.33. The number of pyridine rings is 2. The predicted octanol–water partition coefficient (Wildman–Crippen LogP) is 3.16. The molecule has 4 rings (SSSR count). The van der Waals surface area contributed by atoms with Crippen molar-refractivity contribution in [3.8, 4) is 0 Å². The van der Waals surface area contributed by atoms with Crippen molar-refractivity contribution in [1.29, 1.82) is 0 Å². The lowest BCUT2D eigenvalue weighted by Crippen LogP contribution is -2.34. The summed E-state index contributed by atoms with van der Waals surface area (Å²) in [7, 11) is 0. The molecule has 4 heterocycles. The van der Waals surface area contributed by atoms with E-state index in [-0.39, 0.29) is 22.9 Å². The molecule has 3 aromatic heterocycles. The van der Waals surface area contributed by atoms with Crippen LogP contribution in [-0.4, -0.2) is 31.9 Å². The van der Waals surface area contributed by atoms with Gasteiger partial charge in [-0.15, -0.1) is 11.3 Å². The van der Waals surface area contributed by atoms with Crippen LogP contribution in [0.25, 0.3) is 11.0 Å². The predicted molar refractivity (Wildman–Crippen MR) is 102 cm³/mol. The van der Waals surface area contributed by atoms with Gasteiger partial charge in [0, 0.05) is 36.6 Å². The molecule has 1 amide bonds. The second-order valence-corrected chi connectivity index (χ2v) is 7.43. The van der Waals surface area contributed by atoms with Gasteiger partial charge in [-0.3, -0.25) is 9.59 Å². The molecule has 0 bridgehead atoms. The molecule has 0 spiro atoms. The minimum atomic E-state index is -0.244. The molecule has 0 aromatic carbocycles. The number of hydrogen-bond acceptors (Lipinski definition) is 5. The number of amides is 1. The van der Waals surface area contributed by atoms with Gasteiger partial charge in [0.2, 0.25) is 5.43 Å². The first-order valence-electron chi connectivity index (χ1n) is 8.81. The minimum absolute atomic E-state index is 0.0381. The van der Waals surface area contributed by atoms with Crippen LogP contribution in [0, 0.1) is 6.92 Å². The van der Waals surface area contributed by atoms with Crippen LogP contribution < -0.4 is 5.43 Å². The summed E-state index contributed by atoms with van der Waals surface area (Å²) < 4.78 is 1.88. The summed E-state index contributed by atoms with van der Waals surface area (Å²) >= 11 is 1.55. The Hall–Kier alpha value is -2.54. The highest BCUT2D eigenvalue weighted by atomic mass is 32.1. The first-order valence-corrected chi connectivity index (χ1v) is 9.69. The summed E-state index contributed by atoms with van der Waals surface area (Å²) in [6, 6.07) is 3.54. The Balaban J connectivity index is 1.81. The standard InChI is InChI=1S/C19H20N4O2S/c1-3-22-11-14(16(24)13-7-6-12(2)21-17(13)22)19(25)23-9-4-5-15(23)18-20-8-10-26-18/h6-8,10-11,15H,3-5,9H2,1-2H3/t15-/m0/s1. The fourth-order valence-electron chi connectivity index (χ4n) is 3.57. The summed E-state index contributed by atoms with van der Waals surface area (Å²) in [6.45, 7) is 5.17. The molecule has 0 unspecified atom stereocenters. The zero-order valence-electron chi connectivity index (χ0n) is 14.8. The zero-order valence-corrected chi connectivity index (χ0v) is 15.6. The lowest BCUT2D eigenvalue weighted by molar-refractivity contribution is 0.0733. The van der Waals surface area contributed by atoms with Crippen LogP contribution in [0.5, 0.6) is 0 Å². The van der Waals surface area contributed by atoms with Crippen LogP contribution in [0.4, 0.5) is 0 Å². The Bertz CT molecular complexity index is 1030. The quantitative estimate of drug-likeness (QED) is 0.712. The molecule has 7 heteroatoms. The highest BCUT2D eigenvalue weighted by molar-refractivity contribution is 7.09. The maximum absolute atomic E-state index is 13.2. The van der Waals surface area contributed by atoms with Crippen molar-refractivity contribution in [2.75, 3.05) is 6.54 Å². The van der Waals surface area contributed by atoms with Crippen LogP contribution in [0.3, 0.4) is 0 Å². The van der Waals surface area contributed by atoms with Crippen LogP contribution >= 0.6 is 11.3 Å². The molecular weight excluding hydrogens is 348 g/mol. The Kier molecular flexibility index (Phi) is 4.32. The van der Waals surface area contributed by atoms with Crippen molar-refractivity contribution in [3.05, 3.63) is 56.4 Å². The zero-order chi connectivity index (χ0) is 18.3. The Morgan fingerprint density at radius 2 is 2.23 bits per heavy atom. The van der Waals surface area contributed by atoms with Gasteiger partial charge < -0.3 is 9.47 Å². The molecule has 26 heavy (non-hydrogen) atoms. The monoisotopic (exact) mass is 368 g/mol. The average Bonchev–Trinajstić information content (AvgIpc) is 3.32. The lowest BCUT2D eigenvalue weighted by Gasteiger charge is -2.23. The third-order valence-corrected chi connectivity index (χ3v) is 5.76. The van der Waals surface area contributed by atoms with E-state index >= 15 is 0 Å². The molecule has 1 aliphatic rings. The third-order valence-electron chi connectivity index (χ3n) is 4.88. The second-order valence-electron chi connectivity index (χ2n) is 6.51. The van der Waals surface area contributed by atoms with Crippen molar-refractivity contribution in [2.24, 2.45) is 0 Å². The number of thiazole rings is 1. The van der Waals surface area contributed by atoms with Gasteiger partial charge in [-0.25, -0.2) is 9.97 Å². The Labute approximate surface area is 155 Å². The van der Waals surface area contributed by atoms with Gasteiger partial charge >= 0.3 is 0 Å². The number of hydrogen-bond donors (Lipinski definition) is 0. The molecule has 0 saturated carbocycles. The van der Waals surface area contributed by atoms with E-state index in [1.807, 2.05) is 29.9 Å². The van der Waals surface area contributed by atoms with Crippen LogP contribution in [-0.2, 0) is 6.54 Å². The lowest BCUT2D eigenvalue weighted by atomic mass is 10.1. The number of aryl methyl sites for hydroxylation is 2. The number of fused-ring (bicyclic) bond motifs is 1. The maximum atomic E-state index is 13.2. The number of aromatic nitrogens is 3. The second kappa shape index (κ2) is 6.64. The average molecular weight is 368 g/mol. The molecule has 0 radical (unpaired) electrons. The molecule has 1 fully saturated rings. The molecule has 1 atom stereocenters. The number of likely N-dealkylation sites (tertiary alicyclic amines) is 1. The fourth-order valence-corrected chi connectivity index (χ4v) is 4.36. The Morgan fingerprint density at radius 3 is 2.96 bits per heavy atom. The van der Waals surface area contributed by atoms with E-state index in [9.17, 15) is 9.59 Å². The van der Waals surface area contributed by atoms with E-state index in [0.29, 0.717) is 24.1 Å². The van der Waals surface area contributed by atoms with Crippen molar-refractivity contribution in [3.63, 3.8) is 0 Å². The molecule has 3 aromatic rings. The maximum Gasteiger partial charge on any atom is 0.259 e. The fraction of sp³-hybridized carbons (Fsp3) is 0.368. The summed E-state index contributed by atoms with van der Waals surface area (Å²) in [5.41, 5.74) is 1.45. The number of carbonyl (C=O) groups is 1. The smallest absolute Gasteiger partial charge is 0.259 e. The van der Waals surface area contributed by atoms with Crippen molar-refractivity contribution < 1.29 is 4.79 Å². The summed E-state index contributed by atoms with van der Waals surface area (Å²) in [6.07, 6.45) is 5.23. The summed E-state index contributed by atoms with van der Waals surface area (Å²) in [5, 5.41) is 3.35. The molecular formula is C19H20N4O2S. The molecule has 6 nitrogen and oxygen atoms in total. The van der Waals surface area contributed by atoms with Crippen molar-refractivity contribution in [1.82, 2.24) is 19.4 Å². The van der Waals surface area contributed by atoms with Gasteiger partial charge in [0.25, 0.3) is 5.91 Å². The van der Waals surface area contributed by atoms with Gasteiger partial charge in [0.1, 0.15) is 16.2 Å². The van der Waals surface area contributed by atoms with Crippen LogP contribution in [0.1, 0.15) is 46.9 Å². The highest BCUT2D eigenvalue weighted by Crippen LogP contribution is 2.33. The van der Waals surface area contributed by atoms with Crippen molar-refractivity contribution in [2.45, 2.75) is 39.3 Å². The minimum Gasteiger partial charge on any atom is -0.332 e. The van der Waals surface area contributed by atoms with Gasteiger partial charge in [-0.1, -0.05) is 0 Å². The SMILES string of the molecule is CCn1cc(C(=O)N2CCC[C@H]2c2nccs2)c(=O)c2ccc(C)nc21. The van der Waals surface area contributed by atoms with Crippen LogP contribution in [0.15, 0.2) is 34.7 Å². The summed E-state index contributed by atoms with van der Waals surface area (Å²) in [5.74, 6) is -0.211. The van der Waals surface area contributed by atoms with Gasteiger partial charge in [-0.05, 0) is 38.8 Å². The Morgan fingerprint density at radius 1 is 1.38 bits per heavy atom. The van der Waals surface area contributed by atoms with Gasteiger partial charge in [0.15, 0.2) is 0 Å². The van der Waals surface area contributed by atoms with E-state index in [4.69, 9.17) is 0 Å².